The number of aryl methyl sites for hydroxylation is 1. The second-order valence-electron chi connectivity index (χ2n) is 8.58. The van der Waals surface area contributed by atoms with Crippen LogP contribution in [0, 0.1) is 6.92 Å². The van der Waals surface area contributed by atoms with E-state index in [1.807, 2.05) is 61.5 Å². The van der Waals surface area contributed by atoms with Crippen molar-refractivity contribution in [3.8, 4) is 0 Å². The molecule has 6 heteroatoms. The van der Waals surface area contributed by atoms with Crippen LogP contribution in [-0.4, -0.2) is 15.9 Å². The Balaban J connectivity index is 1.57. The Morgan fingerprint density at radius 3 is 2.35 bits per heavy atom. The van der Waals surface area contributed by atoms with Crippen LogP contribution in [0.1, 0.15) is 49.6 Å². The van der Waals surface area contributed by atoms with Crippen LogP contribution in [0.25, 0.3) is 0 Å². The predicted molar refractivity (Wildman–Crippen MR) is 128 cm³/mol. The third-order valence-corrected chi connectivity index (χ3v) is 6.00. The second kappa shape index (κ2) is 9.96. The molecule has 31 heavy (non-hydrogen) atoms. The third kappa shape index (κ3) is 6.56. The highest BCUT2D eigenvalue weighted by molar-refractivity contribution is 7.98. The molecule has 5 nitrogen and oxygen atoms in total. The Bertz CT molecular complexity index is 1080. The number of nitrogens with zero attached hydrogens (tertiary/aromatic N) is 1. The van der Waals surface area contributed by atoms with E-state index in [1.54, 1.807) is 0 Å². The maximum Gasteiger partial charge on any atom is 0.254 e. The third-order valence-electron chi connectivity index (χ3n) is 5.06. The van der Waals surface area contributed by atoms with E-state index >= 15 is 0 Å². The first-order valence-corrected chi connectivity index (χ1v) is 11.4. The molecule has 3 aromatic rings. The molecule has 0 spiro atoms. The zero-order chi connectivity index (χ0) is 22.4. The molecule has 0 radical (unpaired) electrons. The Morgan fingerprint density at radius 2 is 1.74 bits per heavy atom. The first-order chi connectivity index (χ1) is 14.7. The fourth-order valence-electron chi connectivity index (χ4n) is 3.19. The van der Waals surface area contributed by atoms with Crippen LogP contribution in [0.3, 0.4) is 0 Å². The minimum Gasteiger partial charge on any atom is -0.326 e. The van der Waals surface area contributed by atoms with E-state index in [1.165, 1.54) is 22.9 Å². The van der Waals surface area contributed by atoms with E-state index < -0.39 is 0 Å². The Labute approximate surface area is 187 Å². The van der Waals surface area contributed by atoms with Gasteiger partial charge in [-0.25, -0.2) is 4.98 Å². The summed E-state index contributed by atoms with van der Waals surface area (Å²) in [6.45, 7) is 8.28. The number of carbonyl (C=O) groups is 1. The molecule has 1 heterocycles. The fraction of sp³-hybridized carbons (Fsp3) is 0.320. The SMILES string of the molecule is Cc1nc(SCc2ccccc2)[nH]c(=O)c1CCC(=O)Nc1ccc(C(C)(C)C)cc1. The number of thioether (sulfide) groups is 1. The van der Waals surface area contributed by atoms with Crippen LogP contribution in [0.15, 0.2) is 64.5 Å². The van der Waals surface area contributed by atoms with Crippen LogP contribution in [0.5, 0.6) is 0 Å². The van der Waals surface area contributed by atoms with Crippen molar-refractivity contribution < 1.29 is 4.79 Å². The van der Waals surface area contributed by atoms with Gasteiger partial charge in [0.1, 0.15) is 0 Å². The zero-order valence-electron chi connectivity index (χ0n) is 18.5. The topological polar surface area (TPSA) is 74.8 Å². The van der Waals surface area contributed by atoms with Crippen molar-refractivity contribution in [1.82, 2.24) is 9.97 Å². The van der Waals surface area contributed by atoms with Crippen LogP contribution in [0.2, 0.25) is 0 Å². The number of anilines is 1. The van der Waals surface area contributed by atoms with E-state index in [2.05, 4.69) is 36.1 Å². The Kier molecular flexibility index (Phi) is 7.33. The lowest BCUT2D eigenvalue weighted by Crippen LogP contribution is -2.20. The Morgan fingerprint density at radius 1 is 1.06 bits per heavy atom. The Hall–Kier alpha value is -2.86. The molecule has 0 unspecified atom stereocenters. The number of rotatable bonds is 7. The summed E-state index contributed by atoms with van der Waals surface area (Å²) in [4.78, 5) is 32.3. The zero-order valence-corrected chi connectivity index (χ0v) is 19.3. The summed E-state index contributed by atoms with van der Waals surface area (Å²) >= 11 is 1.49. The first-order valence-electron chi connectivity index (χ1n) is 10.4. The lowest BCUT2D eigenvalue weighted by molar-refractivity contribution is -0.116. The number of aromatic nitrogens is 2. The maximum atomic E-state index is 12.5. The molecule has 0 aliphatic heterocycles. The number of amides is 1. The molecule has 0 saturated heterocycles. The van der Waals surface area contributed by atoms with Gasteiger partial charge in [0.25, 0.3) is 5.56 Å². The number of H-pyrrole nitrogens is 1. The average Bonchev–Trinajstić information content (AvgIpc) is 2.72. The molecule has 1 amide bonds. The minimum atomic E-state index is -0.176. The van der Waals surface area contributed by atoms with Gasteiger partial charge in [0, 0.05) is 29.1 Å². The first kappa shape index (κ1) is 22.8. The summed E-state index contributed by atoms with van der Waals surface area (Å²) in [5, 5.41) is 3.50. The van der Waals surface area contributed by atoms with Gasteiger partial charge in [-0.05, 0) is 42.0 Å². The molecular formula is C25H29N3O2S. The molecule has 3 rings (SSSR count). The van der Waals surface area contributed by atoms with E-state index in [-0.39, 0.29) is 23.3 Å². The van der Waals surface area contributed by atoms with E-state index in [0.717, 1.165) is 11.4 Å². The highest BCUT2D eigenvalue weighted by Gasteiger charge is 2.14. The molecule has 1 aromatic heterocycles. The predicted octanol–water partition coefficient (Wildman–Crippen LogP) is 5.24. The van der Waals surface area contributed by atoms with Gasteiger partial charge < -0.3 is 10.3 Å². The molecule has 0 bridgehead atoms. The summed E-state index contributed by atoms with van der Waals surface area (Å²) in [5.74, 6) is 0.615. The molecule has 162 valence electrons. The average molecular weight is 436 g/mol. The molecule has 0 atom stereocenters. The smallest absolute Gasteiger partial charge is 0.254 e. The monoisotopic (exact) mass is 435 g/mol. The van der Waals surface area contributed by atoms with Crippen molar-refractivity contribution in [1.29, 1.82) is 0 Å². The standard InChI is InChI=1S/C25H29N3O2S/c1-17-21(23(30)28-24(26-17)31-16-18-8-6-5-7-9-18)14-15-22(29)27-20-12-10-19(11-13-20)25(2,3)4/h5-13H,14-16H2,1-4H3,(H,27,29)(H,26,28,30). The summed E-state index contributed by atoms with van der Waals surface area (Å²) < 4.78 is 0. The highest BCUT2D eigenvalue weighted by atomic mass is 32.2. The summed E-state index contributed by atoms with van der Waals surface area (Å²) in [6, 6.07) is 17.9. The lowest BCUT2D eigenvalue weighted by atomic mass is 9.87. The summed E-state index contributed by atoms with van der Waals surface area (Å²) in [5.41, 5.74) is 4.26. The van der Waals surface area contributed by atoms with Gasteiger partial charge in [0.2, 0.25) is 5.91 Å². The number of hydrogen-bond acceptors (Lipinski definition) is 4. The van der Waals surface area contributed by atoms with E-state index in [0.29, 0.717) is 22.8 Å². The second-order valence-corrected chi connectivity index (χ2v) is 9.55. The molecule has 0 aliphatic rings. The van der Waals surface area contributed by atoms with Gasteiger partial charge in [-0.1, -0.05) is 75.0 Å². The number of carbonyl (C=O) groups excluding carboxylic acids is 1. The van der Waals surface area contributed by atoms with Gasteiger partial charge in [-0.2, -0.15) is 0 Å². The van der Waals surface area contributed by atoms with Crippen LogP contribution in [-0.2, 0) is 22.4 Å². The number of hydrogen-bond donors (Lipinski definition) is 2. The van der Waals surface area contributed by atoms with Gasteiger partial charge >= 0.3 is 0 Å². The molecule has 0 aliphatic carbocycles. The van der Waals surface area contributed by atoms with Crippen LogP contribution in [0.4, 0.5) is 5.69 Å². The largest absolute Gasteiger partial charge is 0.326 e. The van der Waals surface area contributed by atoms with Crippen LogP contribution < -0.4 is 10.9 Å². The number of aromatic amines is 1. The van der Waals surface area contributed by atoms with Crippen molar-refractivity contribution in [2.75, 3.05) is 5.32 Å². The van der Waals surface area contributed by atoms with Crippen molar-refractivity contribution in [3.05, 3.63) is 87.3 Å². The van der Waals surface area contributed by atoms with Crippen molar-refractivity contribution in [3.63, 3.8) is 0 Å². The lowest BCUT2D eigenvalue weighted by Gasteiger charge is -2.19. The maximum absolute atomic E-state index is 12.5. The van der Waals surface area contributed by atoms with Gasteiger partial charge in [-0.15, -0.1) is 0 Å². The molecule has 2 N–H and O–H groups in total. The van der Waals surface area contributed by atoms with E-state index in [4.69, 9.17) is 0 Å². The van der Waals surface area contributed by atoms with E-state index in [9.17, 15) is 9.59 Å². The van der Waals surface area contributed by atoms with Gasteiger partial charge in [-0.3, -0.25) is 9.59 Å². The summed E-state index contributed by atoms with van der Waals surface area (Å²) in [7, 11) is 0. The van der Waals surface area contributed by atoms with Gasteiger partial charge in [0.05, 0.1) is 0 Å². The molecular weight excluding hydrogens is 406 g/mol. The van der Waals surface area contributed by atoms with Crippen molar-refractivity contribution in [2.45, 2.75) is 56.9 Å². The van der Waals surface area contributed by atoms with Gasteiger partial charge in [0.15, 0.2) is 5.16 Å². The number of benzene rings is 2. The van der Waals surface area contributed by atoms with Crippen molar-refractivity contribution >= 4 is 23.4 Å². The normalized spacial score (nSPS) is 11.4. The van der Waals surface area contributed by atoms with Crippen molar-refractivity contribution in [2.24, 2.45) is 0 Å². The van der Waals surface area contributed by atoms with Crippen LogP contribution >= 0.6 is 11.8 Å². The minimum absolute atomic E-state index is 0.0691. The molecule has 0 fully saturated rings. The molecule has 0 saturated carbocycles. The fourth-order valence-corrected chi connectivity index (χ4v) is 4.05. The highest BCUT2D eigenvalue weighted by Crippen LogP contribution is 2.23. The quantitative estimate of drug-likeness (QED) is 0.393. The molecule has 2 aromatic carbocycles. The number of nitrogens with one attached hydrogen (secondary N) is 2. The summed E-state index contributed by atoms with van der Waals surface area (Å²) in [6.07, 6.45) is 0.576.